The van der Waals surface area contributed by atoms with Crippen LogP contribution in [0.15, 0.2) is 12.1 Å². The van der Waals surface area contributed by atoms with Crippen molar-refractivity contribution in [2.75, 3.05) is 13.2 Å². The van der Waals surface area contributed by atoms with Crippen LogP contribution in [0.25, 0.3) is 0 Å². The third-order valence-corrected chi connectivity index (χ3v) is 4.15. The second-order valence-corrected chi connectivity index (χ2v) is 5.74. The molecule has 1 aliphatic rings. The van der Waals surface area contributed by atoms with Crippen molar-refractivity contribution in [3.63, 3.8) is 0 Å². The molecule has 0 aliphatic heterocycles. The van der Waals surface area contributed by atoms with Crippen LogP contribution in [0.4, 0.5) is 0 Å². The van der Waals surface area contributed by atoms with Crippen molar-refractivity contribution in [2.24, 2.45) is 0 Å². The first-order chi connectivity index (χ1) is 9.22. The molecule has 106 valence electrons. The van der Waals surface area contributed by atoms with E-state index in [0.717, 1.165) is 11.7 Å². The van der Waals surface area contributed by atoms with E-state index in [1.54, 1.807) is 0 Å². The minimum Gasteiger partial charge on any atom is -0.491 e. The van der Waals surface area contributed by atoms with E-state index in [4.69, 9.17) is 9.84 Å². The number of aryl methyl sites for hydroxylation is 2. The molecule has 0 unspecified atom stereocenters. The predicted octanol–water partition coefficient (Wildman–Crippen LogP) is 4.11. The van der Waals surface area contributed by atoms with Gasteiger partial charge in [0.1, 0.15) is 12.4 Å². The number of benzene rings is 1. The first-order valence-electron chi connectivity index (χ1n) is 7.57. The Morgan fingerprint density at radius 2 is 1.63 bits per heavy atom. The van der Waals surface area contributed by atoms with E-state index in [2.05, 4.69) is 26.0 Å². The molecule has 0 atom stereocenters. The zero-order valence-electron chi connectivity index (χ0n) is 12.2. The van der Waals surface area contributed by atoms with Crippen LogP contribution in [0, 0.1) is 13.8 Å². The van der Waals surface area contributed by atoms with Crippen molar-refractivity contribution < 1.29 is 9.84 Å². The van der Waals surface area contributed by atoms with Crippen molar-refractivity contribution in [2.45, 2.75) is 58.3 Å². The fourth-order valence-electron chi connectivity index (χ4n) is 3.21. The molecule has 0 heterocycles. The third-order valence-electron chi connectivity index (χ3n) is 4.15. The maximum absolute atomic E-state index is 8.87. The first kappa shape index (κ1) is 14.4. The molecule has 1 saturated carbocycles. The average Bonchev–Trinajstić information content (AvgIpc) is 2.66. The summed E-state index contributed by atoms with van der Waals surface area (Å²) < 4.78 is 5.63. The smallest absolute Gasteiger partial charge is 0.125 e. The van der Waals surface area contributed by atoms with Crippen molar-refractivity contribution in [3.05, 3.63) is 28.8 Å². The summed E-state index contributed by atoms with van der Waals surface area (Å²) in [5, 5.41) is 8.87. The topological polar surface area (TPSA) is 29.5 Å². The highest BCUT2D eigenvalue weighted by Gasteiger charge is 2.16. The molecule has 0 saturated heterocycles. The SMILES string of the molecule is Cc1cc(C2CCCCCC2)cc(C)c1OCCO. The average molecular weight is 262 g/mol. The normalized spacial score (nSPS) is 17.2. The largest absolute Gasteiger partial charge is 0.491 e. The van der Waals surface area contributed by atoms with E-state index in [1.807, 2.05) is 0 Å². The van der Waals surface area contributed by atoms with Gasteiger partial charge < -0.3 is 9.84 Å². The molecule has 1 aromatic rings. The summed E-state index contributed by atoms with van der Waals surface area (Å²) in [7, 11) is 0. The summed E-state index contributed by atoms with van der Waals surface area (Å²) in [6, 6.07) is 4.57. The summed E-state index contributed by atoms with van der Waals surface area (Å²) in [6.07, 6.45) is 8.18. The summed E-state index contributed by atoms with van der Waals surface area (Å²) >= 11 is 0. The maximum Gasteiger partial charge on any atom is 0.125 e. The second-order valence-electron chi connectivity index (χ2n) is 5.74. The van der Waals surface area contributed by atoms with E-state index < -0.39 is 0 Å². The molecule has 2 nitrogen and oxygen atoms in total. The molecule has 0 amide bonds. The van der Waals surface area contributed by atoms with Gasteiger partial charge in [0.25, 0.3) is 0 Å². The Morgan fingerprint density at radius 3 is 2.16 bits per heavy atom. The standard InChI is InChI=1S/C17H26O2/c1-13-11-16(15-7-5-3-4-6-8-15)12-14(2)17(13)19-10-9-18/h11-12,15,18H,3-10H2,1-2H3. The Morgan fingerprint density at radius 1 is 1.05 bits per heavy atom. The van der Waals surface area contributed by atoms with Gasteiger partial charge in [-0.15, -0.1) is 0 Å². The Kier molecular flexibility index (Phi) is 5.26. The molecular formula is C17H26O2. The van der Waals surface area contributed by atoms with Crippen LogP contribution < -0.4 is 4.74 Å². The van der Waals surface area contributed by atoms with Gasteiger partial charge in [0, 0.05) is 0 Å². The predicted molar refractivity (Wildman–Crippen MR) is 78.9 cm³/mol. The van der Waals surface area contributed by atoms with E-state index in [0.29, 0.717) is 6.61 Å². The van der Waals surface area contributed by atoms with Gasteiger partial charge in [-0.05, 0) is 49.3 Å². The van der Waals surface area contributed by atoms with Crippen LogP contribution in [0.1, 0.15) is 61.1 Å². The zero-order chi connectivity index (χ0) is 13.7. The van der Waals surface area contributed by atoms with Gasteiger partial charge >= 0.3 is 0 Å². The fraction of sp³-hybridized carbons (Fsp3) is 0.647. The minimum atomic E-state index is 0.0727. The molecule has 1 aromatic carbocycles. The molecule has 1 fully saturated rings. The number of hydrogen-bond acceptors (Lipinski definition) is 2. The van der Waals surface area contributed by atoms with Crippen molar-refractivity contribution >= 4 is 0 Å². The Hall–Kier alpha value is -1.02. The number of aliphatic hydroxyl groups excluding tert-OH is 1. The Balaban J connectivity index is 2.18. The zero-order valence-corrected chi connectivity index (χ0v) is 12.2. The van der Waals surface area contributed by atoms with Crippen LogP contribution in [0.5, 0.6) is 5.75 Å². The van der Waals surface area contributed by atoms with Crippen molar-refractivity contribution in [1.82, 2.24) is 0 Å². The van der Waals surface area contributed by atoms with Gasteiger partial charge in [0.05, 0.1) is 6.61 Å². The van der Waals surface area contributed by atoms with Crippen LogP contribution in [0.2, 0.25) is 0 Å². The van der Waals surface area contributed by atoms with Crippen LogP contribution >= 0.6 is 0 Å². The van der Waals surface area contributed by atoms with Crippen LogP contribution in [-0.2, 0) is 0 Å². The second kappa shape index (κ2) is 6.95. The van der Waals surface area contributed by atoms with Gasteiger partial charge in [-0.1, -0.05) is 37.8 Å². The monoisotopic (exact) mass is 262 g/mol. The summed E-state index contributed by atoms with van der Waals surface area (Å²) in [4.78, 5) is 0. The fourth-order valence-corrected chi connectivity index (χ4v) is 3.21. The number of aliphatic hydroxyl groups is 1. The highest BCUT2D eigenvalue weighted by atomic mass is 16.5. The minimum absolute atomic E-state index is 0.0727. The van der Waals surface area contributed by atoms with Gasteiger partial charge in [-0.25, -0.2) is 0 Å². The molecule has 1 N–H and O–H groups in total. The molecule has 0 radical (unpaired) electrons. The van der Waals surface area contributed by atoms with Gasteiger partial charge in [0.15, 0.2) is 0 Å². The highest BCUT2D eigenvalue weighted by Crippen LogP contribution is 2.35. The molecule has 0 aromatic heterocycles. The molecule has 2 rings (SSSR count). The van der Waals surface area contributed by atoms with E-state index >= 15 is 0 Å². The molecular weight excluding hydrogens is 236 g/mol. The third kappa shape index (κ3) is 3.73. The molecule has 2 heteroatoms. The van der Waals surface area contributed by atoms with E-state index in [9.17, 15) is 0 Å². The quantitative estimate of drug-likeness (QED) is 0.827. The lowest BCUT2D eigenvalue weighted by atomic mass is 9.89. The molecule has 0 bridgehead atoms. The van der Waals surface area contributed by atoms with Crippen LogP contribution in [0.3, 0.4) is 0 Å². The Bertz CT molecular complexity index is 381. The van der Waals surface area contributed by atoms with E-state index in [-0.39, 0.29) is 6.61 Å². The molecule has 0 spiro atoms. The van der Waals surface area contributed by atoms with Crippen molar-refractivity contribution in [3.8, 4) is 5.75 Å². The summed E-state index contributed by atoms with van der Waals surface area (Å²) in [5.41, 5.74) is 3.88. The number of rotatable bonds is 4. The van der Waals surface area contributed by atoms with Crippen LogP contribution in [-0.4, -0.2) is 18.3 Å². The Labute approximate surface area is 116 Å². The van der Waals surface area contributed by atoms with E-state index in [1.165, 1.54) is 55.2 Å². The van der Waals surface area contributed by atoms with Gasteiger partial charge in [-0.2, -0.15) is 0 Å². The summed E-state index contributed by atoms with van der Waals surface area (Å²) in [5.74, 6) is 1.68. The first-order valence-corrected chi connectivity index (χ1v) is 7.57. The summed E-state index contributed by atoms with van der Waals surface area (Å²) in [6.45, 7) is 4.67. The number of hydrogen-bond donors (Lipinski definition) is 1. The highest BCUT2D eigenvalue weighted by molar-refractivity contribution is 5.44. The lowest BCUT2D eigenvalue weighted by Crippen LogP contribution is -2.06. The molecule has 19 heavy (non-hydrogen) atoms. The number of ether oxygens (including phenoxy) is 1. The lowest BCUT2D eigenvalue weighted by Gasteiger charge is -2.19. The molecule has 1 aliphatic carbocycles. The van der Waals surface area contributed by atoms with Gasteiger partial charge in [-0.3, -0.25) is 0 Å². The maximum atomic E-state index is 8.87. The van der Waals surface area contributed by atoms with Crippen molar-refractivity contribution in [1.29, 1.82) is 0 Å². The van der Waals surface area contributed by atoms with Gasteiger partial charge in [0.2, 0.25) is 0 Å². The lowest BCUT2D eigenvalue weighted by molar-refractivity contribution is 0.200.